The third-order valence-electron chi connectivity index (χ3n) is 2.57. The predicted molar refractivity (Wildman–Crippen MR) is 69.9 cm³/mol. The van der Waals surface area contributed by atoms with Gasteiger partial charge in [0.2, 0.25) is 0 Å². The summed E-state index contributed by atoms with van der Waals surface area (Å²) in [5, 5.41) is 0. The summed E-state index contributed by atoms with van der Waals surface area (Å²) in [5.74, 6) is -0.382. The zero-order valence-corrected chi connectivity index (χ0v) is 11.8. The van der Waals surface area contributed by atoms with Gasteiger partial charge in [-0.2, -0.15) is 13.2 Å². The van der Waals surface area contributed by atoms with Crippen LogP contribution in [0.4, 0.5) is 17.6 Å². The van der Waals surface area contributed by atoms with E-state index in [4.69, 9.17) is 0 Å². The molecule has 1 aromatic carbocycles. The Morgan fingerprint density at radius 2 is 1.65 bits per heavy atom. The predicted octanol–water partition coefficient (Wildman–Crippen LogP) is 2.82. The molecule has 0 N–H and O–H groups in total. The van der Waals surface area contributed by atoms with Crippen molar-refractivity contribution in [2.45, 2.75) is 12.7 Å². The lowest BCUT2D eigenvalue weighted by Crippen LogP contribution is -2.35. The van der Waals surface area contributed by atoms with Crippen molar-refractivity contribution < 1.29 is 17.6 Å². The molecule has 0 amide bonds. The molecule has 3 nitrogen and oxygen atoms in total. The van der Waals surface area contributed by atoms with Crippen LogP contribution in [0.5, 0.6) is 0 Å². The van der Waals surface area contributed by atoms with Crippen molar-refractivity contribution in [3.05, 3.63) is 35.1 Å². The molecule has 0 aliphatic rings. The lowest BCUT2D eigenvalue weighted by Gasteiger charge is -2.23. The Kier molecular flexibility index (Phi) is 4.97. The molecule has 0 aliphatic heterocycles. The van der Waals surface area contributed by atoms with Gasteiger partial charge in [0, 0.05) is 28.2 Å². The molecular formula is C13H17F4N3. The second-order valence-corrected chi connectivity index (χ2v) is 4.70. The molecule has 0 fully saturated rings. The van der Waals surface area contributed by atoms with Crippen molar-refractivity contribution in [1.29, 1.82) is 0 Å². The Balaban J connectivity index is 3.13. The maximum atomic E-state index is 13.0. The summed E-state index contributed by atoms with van der Waals surface area (Å²) in [6, 6.07) is 2.62. The van der Waals surface area contributed by atoms with Crippen LogP contribution in [0.3, 0.4) is 0 Å². The maximum absolute atomic E-state index is 13.0. The molecule has 7 heteroatoms. The van der Waals surface area contributed by atoms with Crippen LogP contribution >= 0.6 is 0 Å². The lowest BCUT2D eigenvalue weighted by molar-refractivity contribution is -0.138. The first-order valence-electron chi connectivity index (χ1n) is 5.87. The number of guanidine groups is 1. The van der Waals surface area contributed by atoms with Crippen molar-refractivity contribution in [2.24, 2.45) is 4.99 Å². The second kappa shape index (κ2) is 6.11. The molecular weight excluding hydrogens is 274 g/mol. The first kappa shape index (κ1) is 16.3. The summed E-state index contributed by atoms with van der Waals surface area (Å²) in [4.78, 5) is 7.53. The zero-order chi connectivity index (χ0) is 15.5. The number of hydrogen-bond acceptors (Lipinski definition) is 1. The highest BCUT2D eigenvalue weighted by molar-refractivity contribution is 5.79. The molecule has 0 saturated heterocycles. The van der Waals surface area contributed by atoms with Crippen LogP contribution in [0.25, 0.3) is 0 Å². The molecule has 20 heavy (non-hydrogen) atoms. The van der Waals surface area contributed by atoms with E-state index in [1.165, 1.54) is 0 Å². The highest BCUT2D eigenvalue weighted by Gasteiger charge is 2.33. The van der Waals surface area contributed by atoms with Crippen LogP contribution in [0, 0.1) is 5.82 Å². The summed E-state index contributed by atoms with van der Waals surface area (Å²) in [5.41, 5.74) is -1.04. The van der Waals surface area contributed by atoms with Gasteiger partial charge in [0.25, 0.3) is 0 Å². The molecule has 112 valence electrons. The van der Waals surface area contributed by atoms with Crippen molar-refractivity contribution in [1.82, 2.24) is 9.80 Å². The summed E-state index contributed by atoms with van der Waals surface area (Å²) >= 11 is 0. The van der Waals surface area contributed by atoms with Gasteiger partial charge in [0.1, 0.15) is 5.82 Å². The summed E-state index contributed by atoms with van der Waals surface area (Å²) in [7, 11) is 6.98. The molecule has 0 aromatic heterocycles. The van der Waals surface area contributed by atoms with E-state index in [1.807, 2.05) is 0 Å². The number of halogens is 4. The third kappa shape index (κ3) is 4.11. The lowest BCUT2D eigenvalue weighted by atomic mass is 10.1. The number of nitrogens with zero attached hydrogens (tertiary/aromatic N) is 3. The summed E-state index contributed by atoms with van der Waals surface area (Å²) < 4.78 is 51.5. The minimum absolute atomic E-state index is 0.0555. The number of rotatable bonds is 2. The SMILES string of the molecule is CN(C)C(=NCc1ccc(F)cc1C(F)(F)F)N(C)C. The molecule has 0 spiro atoms. The van der Waals surface area contributed by atoms with Crippen LogP contribution in [0.1, 0.15) is 11.1 Å². The van der Waals surface area contributed by atoms with Gasteiger partial charge < -0.3 is 9.80 Å². The average molecular weight is 291 g/mol. The highest BCUT2D eigenvalue weighted by atomic mass is 19.4. The molecule has 0 unspecified atom stereocenters. The van der Waals surface area contributed by atoms with Crippen molar-refractivity contribution in [3.63, 3.8) is 0 Å². The van der Waals surface area contributed by atoms with Crippen LogP contribution < -0.4 is 0 Å². The minimum Gasteiger partial charge on any atom is -0.349 e. The smallest absolute Gasteiger partial charge is 0.349 e. The quantitative estimate of drug-likeness (QED) is 0.474. The van der Waals surface area contributed by atoms with E-state index >= 15 is 0 Å². The normalized spacial score (nSPS) is 11.2. The van der Waals surface area contributed by atoms with Crippen LogP contribution in [0.2, 0.25) is 0 Å². The van der Waals surface area contributed by atoms with E-state index < -0.39 is 17.6 Å². The first-order valence-corrected chi connectivity index (χ1v) is 5.87. The van der Waals surface area contributed by atoms with Gasteiger partial charge in [-0.3, -0.25) is 0 Å². The molecule has 1 aromatic rings. The Morgan fingerprint density at radius 3 is 2.10 bits per heavy atom. The van der Waals surface area contributed by atoms with E-state index in [-0.39, 0.29) is 12.1 Å². The number of alkyl halides is 3. The van der Waals surface area contributed by atoms with Gasteiger partial charge in [0.15, 0.2) is 5.96 Å². The van der Waals surface area contributed by atoms with E-state index in [0.29, 0.717) is 12.0 Å². The standard InChI is InChI=1S/C13H17F4N3/c1-19(2)12(20(3)4)18-8-9-5-6-10(14)7-11(9)13(15,16)17/h5-7H,8H2,1-4H3. The largest absolute Gasteiger partial charge is 0.416 e. The monoisotopic (exact) mass is 291 g/mol. The third-order valence-corrected chi connectivity index (χ3v) is 2.57. The number of benzene rings is 1. The molecule has 0 radical (unpaired) electrons. The molecule has 0 bridgehead atoms. The van der Waals surface area contributed by atoms with E-state index in [9.17, 15) is 17.6 Å². The average Bonchev–Trinajstić information content (AvgIpc) is 2.28. The van der Waals surface area contributed by atoms with Crippen molar-refractivity contribution in [2.75, 3.05) is 28.2 Å². The molecule has 0 saturated carbocycles. The summed E-state index contributed by atoms with van der Waals surface area (Å²) in [6.45, 7) is -0.166. The Hall–Kier alpha value is -1.79. The van der Waals surface area contributed by atoms with E-state index in [2.05, 4.69) is 4.99 Å². The summed E-state index contributed by atoms with van der Waals surface area (Å²) in [6.07, 6.45) is -4.59. The Morgan fingerprint density at radius 1 is 1.10 bits per heavy atom. The fourth-order valence-corrected chi connectivity index (χ4v) is 1.79. The molecule has 0 heterocycles. The van der Waals surface area contributed by atoms with Crippen molar-refractivity contribution >= 4 is 5.96 Å². The number of hydrogen-bond donors (Lipinski definition) is 0. The van der Waals surface area contributed by atoms with Gasteiger partial charge in [-0.25, -0.2) is 9.38 Å². The van der Waals surface area contributed by atoms with E-state index in [0.717, 1.165) is 12.1 Å². The van der Waals surface area contributed by atoms with Gasteiger partial charge in [0.05, 0.1) is 12.1 Å². The first-order chi connectivity index (χ1) is 9.12. The topological polar surface area (TPSA) is 18.8 Å². The van der Waals surface area contributed by atoms with Crippen LogP contribution in [-0.2, 0) is 12.7 Å². The fraction of sp³-hybridized carbons (Fsp3) is 0.462. The molecule has 1 rings (SSSR count). The molecule has 0 aliphatic carbocycles. The second-order valence-electron chi connectivity index (χ2n) is 4.70. The Labute approximate surface area is 115 Å². The van der Waals surface area contributed by atoms with Gasteiger partial charge in [-0.05, 0) is 17.7 Å². The maximum Gasteiger partial charge on any atom is 0.416 e. The fourth-order valence-electron chi connectivity index (χ4n) is 1.79. The Bertz CT molecular complexity index is 483. The zero-order valence-electron chi connectivity index (χ0n) is 11.8. The van der Waals surface area contributed by atoms with E-state index in [1.54, 1.807) is 38.0 Å². The minimum atomic E-state index is -4.59. The number of aliphatic imine (C=N–C) groups is 1. The van der Waals surface area contributed by atoms with Crippen LogP contribution in [-0.4, -0.2) is 44.0 Å². The molecule has 0 atom stereocenters. The van der Waals surface area contributed by atoms with Gasteiger partial charge in [-0.15, -0.1) is 0 Å². The highest BCUT2D eigenvalue weighted by Crippen LogP contribution is 2.32. The van der Waals surface area contributed by atoms with Crippen molar-refractivity contribution in [3.8, 4) is 0 Å². The van der Waals surface area contributed by atoms with Gasteiger partial charge >= 0.3 is 6.18 Å². The van der Waals surface area contributed by atoms with Crippen LogP contribution in [0.15, 0.2) is 23.2 Å². The van der Waals surface area contributed by atoms with Gasteiger partial charge in [-0.1, -0.05) is 6.07 Å².